The summed E-state index contributed by atoms with van der Waals surface area (Å²) >= 11 is 0. The number of para-hydroxylation sites is 1. The molecule has 4 N–H and O–H groups in total. The Balaban J connectivity index is 0.808. The van der Waals surface area contributed by atoms with Gasteiger partial charge in [-0.05, 0) is 142 Å². The van der Waals surface area contributed by atoms with Crippen LogP contribution in [0, 0.1) is 5.92 Å². The van der Waals surface area contributed by atoms with Gasteiger partial charge >= 0.3 is 0 Å². The number of allylic oxidation sites excluding steroid dienone is 11. The van der Waals surface area contributed by atoms with Gasteiger partial charge in [-0.25, -0.2) is 0 Å². The molecule has 7 aliphatic rings. The van der Waals surface area contributed by atoms with Crippen LogP contribution < -0.4 is 26.2 Å². The molecule has 12 rings (SSSR count). The van der Waals surface area contributed by atoms with Crippen molar-refractivity contribution in [2.24, 2.45) is 5.92 Å². The van der Waals surface area contributed by atoms with Crippen molar-refractivity contribution in [1.82, 2.24) is 21.3 Å². The minimum atomic E-state index is -0.0349. The molecule has 0 amide bonds. The van der Waals surface area contributed by atoms with Crippen molar-refractivity contribution in [3.63, 3.8) is 0 Å². The Bertz CT molecular complexity index is 2780. The quantitative estimate of drug-likeness (QED) is 0.138. The highest BCUT2D eigenvalue weighted by Crippen LogP contribution is 2.50. The van der Waals surface area contributed by atoms with Crippen molar-refractivity contribution in [2.45, 2.75) is 82.1 Å². The summed E-state index contributed by atoms with van der Waals surface area (Å²) in [6.07, 6.45) is 28.2. The van der Waals surface area contributed by atoms with Gasteiger partial charge in [0.25, 0.3) is 0 Å². The Morgan fingerprint density at radius 1 is 0.590 bits per heavy atom. The molecule has 0 saturated carbocycles. The lowest BCUT2D eigenvalue weighted by Gasteiger charge is -2.41. The molecular formula is C56H53N5. The molecule has 302 valence electrons. The number of fused-ring (bicyclic) bond motifs is 5. The van der Waals surface area contributed by atoms with E-state index in [4.69, 9.17) is 0 Å². The van der Waals surface area contributed by atoms with E-state index >= 15 is 0 Å². The number of rotatable bonds is 6. The SMILES string of the molecule is C1=CCCC(C2NC(c3cccc(-c4cccc(C5=CCC(C6NC7CCCC8=C7N6c6ccccc6C6=C8CCC=C6)C=C5)c4)c3)NC(c3ccc4ccccc4c3)N2)=C1. The number of hydrogen-bond donors (Lipinski definition) is 4. The molecule has 5 heteroatoms. The first kappa shape index (κ1) is 37.0. The second-order valence-corrected chi connectivity index (χ2v) is 17.9. The second kappa shape index (κ2) is 15.6. The molecule has 5 aromatic carbocycles. The van der Waals surface area contributed by atoms with E-state index in [1.165, 1.54) is 85.8 Å². The highest BCUT2D eigenvalue weighted by Gasteiger charge is 2.45. The topological polar surface area (TPSA) is 51.4 Å². The van der Waals surface area contributed by atoms with E-state index in [0.29, 0.717) is 12.0 Å². The van der Waals surface area contributed by atoms with Gasteiger partial charge in [-0.3, -0.25) is 21.3 Å². The fourth-order valence-electron chi connectivity index (χ4n) is 11.3. The summed E-state index contributed by atoms with van der Waals surface area (Å²) in [5.41, 5.74) is 17.9. The normalized spacial score (nSPS) is 26.7. The predicted molar refractivity (Wildman–Crippen MR) is 252 cm³/mol. The van der Waals surface area contributed by atoms with Gasteiger partial charge in [0.05, 0.1) is 30.4 Å². The molecule has 5 aromatic rings. The maximum Gasteiger partial charge on any atom is 0.0914 e. The molecule has 2 fully saturated rings. The lowest BCUT2D eigenvalue weighted by molar-refractivity contribution is 0.219. The first-order chi connectivity index (χ1) is 30.2. The number of nitrogens with one attached hydrogen (secondary N) is 4. The molecule has 61 heavy (non-hydrogen) atoms. The van der Waals surface area contributed by atoms with Crippen molar-refractivity contribution in [2.75, 3.05) is 4.90 Å². The summed E-state index contributed by atoms with van der Waals surface area (Å²) in [6.45, 7) is 0. The molecule has 3 heterocycles. The third-order valence-electron chi connectivity index (χ3n) is 14.3. The van der Waals surface area contributed by atoms with Crippen LogP contribution in [0.5, 0.6) is 0 Å². The zero-order valence-electron chi connectivity index (χ0n) is 34.7. The van der Waals surface area contributed by atoms with E-state index < -0.39 is 0 Å². The van der Waals surface area contributed by atoms with Crippen molar-refractivity contribution in [1.29, 1.82) is 0 Å². The minimum absolute atomic E-state index is 0.0102. The highest BCUT2D eigenvalue weighted by molar-refractivity contribution is 5.91. The van der Waals surface area contributed by atoms with Crippen LogP contribution in [0.25, 0.3) is 33.0 Å². The smallest absolute Gasteiger partial charge is 0.0914 e. The lowest BCUT2D eigenvalue weighted by atomic mass is 9.82. The molecule has 2 saturated heterocycles. The number of hydrogen-bond acceptors (Lipinski definition) is 5. The van der Waals surface area contributed by atoms with Gasteiger partial charge in [0.2, 0.25) is 0 Å². The molecule has 5 nitrogen and oxygen atoms in total. The average molecular weight is 796 g/mol. The first-order valence-electron chi connectivity index (χ1n) is 22.7. The predicted octanol–water partition coefficient (Wildman–Crippen LogP) is 11.9. The van der Waals surface area contributed by atoms with Crippen molar-refractivity contribution in [3.8, 4) is 11.1 Å². The fraction of sp³-hybridized carbons (Fsp3) is 0.250. The monoisotopic (exact) mass is 795 g/mol. The Morgan fingerprint density at radius 3 is 2.25 bits per heavy atom. The highest BCUT2D eigenvalue weighted by atomic mass is 15.4. The van der Waals surface area contributed by atoms with E-state index in [9.17, 15) is 0 Å². The van der Waals surface area contributed by atoms with Crippen LogP contribution in [0.2, 0.25) is 0 Å². The van der Waals surface area contributed by atoms with E-state index in [1.54, 1.807) is 16.8 Å². The summed E-state index contributed by atoms with van der Waals surface area (Å²) in [5, 5.41) is 18.5. The Morgan fingerprint density at radius 2 is 1.38 bits per heavy atom. The molecule has 6 unspecified atom stereocenters. The van der Waals surface area contributed by atoms with Gasteiger partial charge < -0.3 is 4.90 Å². The minimum Gasteiger partial charge on any atom is -0.326 e. The van der Waals surface area contributed by atoms with Gasteiger partial charge in [0, 0.05) is 23.2 Å². The van der Waals surface area contributed by atoms with Gasteiger partial charge in [0.15, 0.2) is 0 Å². The van der Waals surface area contributed by atoms with E-state index in [1.807, 2.05) is 0 Å². The van der Waals surface area contributed by atoms with Crippen LogP contribution in [0.15, 0.2) is 186 Å². The third-order valence-corrected chi connectivity index (χ3v) is 14.3. The Kier molecular flexibility index (Phi) is 9.44. The van der Waals surface area contributed by atoms with Crippen molar-refractivity contribution in [3.05, 3.63) is 209 Å². The number of benzene rings is 5. The maximum atomic E-state index is 4.18. The van der Waals surface area contributed by atoms with Crippen LogP contribution >= 0.6 is 0 Å². The number of nitrogens with zero attached hydrogens (tertiary/aromatic N) is 1. The number of anilines is 1. The van der Waals surface area contributed by atoms with Crippen LogP contribution in [0.4, 0.5) is 5.69 Å². The Hall–Kier alpha value is -5.82. The molecule has 0 bridgehead atoms. The van der Waals surface area contributed by atoms with E-state index in [-0.39, 0.29) is 24.7 Å². The average Bonchev–Trinajstić information content (AvgIpc) is 3.68. The molecule has 4 aliphatic carbocycles. The molecule has 0 aromatic heterocycles. The lowest BCUT2D eigenvalue weighted by Crippen LogP contribution is -2.59. The standard InChI is InChI=1S/C56H53N5/c1-2-14-38(15-3-1)53-58-54(60-55(59-53)45-32-29-36-13-4-5-16-40(36)34-45)44-20-11-19-43(35-44)42-18-10-17-41(33-42)37-27-30-39(31-28-37)56-57-50-25-12-24-49-47-22-7-6-21-46(47)48-23-8-9-26-51(48)61(56)52(49)50/h1-2,4-6,8-11,13-14,16-21,23,26-30,32-35,39,50,53-60H,3,7,12,15,22,24-25,31H2. The summed E-state index contributed by atoms with van der Waals surface area (Å²) < 4.78 is 0. The van der Waals surface area contributed by atoms with E-state index in [0.717, 1.165) is 32.1 Å². The zero-order valence-corrected chi connectivity index (χ0v) is 34.7. The Labute approximate surface area is 360 Å². The van der Waals surface area contributed by atoms with Crippen molar-refractivity contribution < 1.29 is 0 Å². The van der Waals surface area contributed by atoms with Crippen LogP contribution in [-0.4, -0.2) is 18.4 Å². The summed E-state index contributed by atoms with van der Waals surface area (Å²) in [7, 11) is 0. The van der Waals surface area contributed by atoms with Gasteiger partial charge in [-0.2, -0.15) is 0 Å². The second-order valence-electron chi connectivity index (χ2n) is 17.9. The summed E-state index contributed by atoms with van der Waals surface area (Å²) in [6, 6.07) is 43.3. The van der Waals surface area contributed by atoms with Gasteiger partial charge in [-0.15, -0.1) is 0 Å². The van der Waals surface area contributed by atoms with E-state index in [2.05, 4.69) is 190 Å². The molecule has 6 atom stereocenters. The molecular weight excluding hydrogens is 743 g/mol. The molecule has 0 radical (unpaired) electrons. The fourth-order valence-corrected chi connectivity index (χ4v) is 11.3. The largest absolute Gasteiger partial charge is 0.326 e. The van der Waals surface area contributed by atoms with Gasteiger partial charge in [0.1, 0.15) is 0 Å². The first-order valence-corrected chi connectivity index (χ1v) is 22.7. The third kappa shape index (κ3) is 6.72. The summed E-state index contributed by atoms with van der Waals surface area (Å²) in [4.78, 5) is 2.73. The molecule has 3 aliphatic heterocycles. The summed E-state index contributed by atoms with van der Waals surface area (Å²) in [5.74, 6) is 0.370. The van der Waals surface area contributed by atoms with Gasteiger partial charge in [-0.1, -0.05) is 140 Å². The van der Waals surface area contributed by atoms with Crippen LogP contribution in [0.3, 0.4) is 0 Å². The van der Waals surface area contributed by atoms with Crippen molar-refractivity contribution >= 4 is 27.6 Å². The molecule has 0 spiro atoms. The zero-order chi connectivity index (χ0) is 40.3. The van der Waals surface area contributed by atoms with Crippen LogP contribution in [-0.2, 0) is 0 Å². The maximum absolute atomic E-state index is 4.18. The van der Waals surface area contributed by atoms with Crippen LogP contribution in [0.1, 0.15) is 86.0 Å².